The summed E-state index contributed by atoms with van der Waals surface area (Å²) in [7, 11) is 1.89. The van der Waals surface area contributed by atoms with Gasteiger partial charge in [0.1, 0.15) is 0 Å². The van der Waals surface area contributed by atoms with Crippen LogP contribution in [0.15, 0.2) is 0 Å². The van der Waals surface area contributed by atoms with Crippen molar-refractivity contribution in [1.82, 2.24) is 14.7 Å². The summed E-state index contributed by atoms with van der Waals surface area (Å²) in [4.78, 5) is 14.5. The van der Waals surface area contributed by atoms with Crippen LogP contribution in [-0.2, 0) is 11.8 Å². The number of nitrogens with one attached hydrogen (secondary N) is 1. The van der Waals surface area contributed by atoms with Crippen LogP contribution in [0.1, 0.15) is 24.2 Å². The van der Waals surface area contributed by atoms with Gasteiger partial charge in [-0.05, 0) is 38.5 Å². The van der Waals surface area contributed by atoms with Crippen molar-refractivity contribution in [3.63, 3.8) is 0 Å². The van der Waals surface area contributed by atoms with E-state index in [4.69, 9.17) is 5.73 Å². The third-order valence-electron chi connectivity index (χ3n) is 5.13. The molecule has 1 aliphatic heterocycles. The molecule has 3 rings (SSSR count). The number of aromatic nitrogens is 2. The number of amides is 1. The second kappa shape index (κ2) is 5.42. The number of likely N-dealkylation sites (tertiary alicyclic amines) is 1. The highest BCUT2D eigenvalue weighted by molar-refractivity contribution is 5.93. The van der Waals surface area contributed by atoms with E-state index in [2.05, 4.69) is 15.3 Å². The Balaban J connectivity index is 1.58. The number of aryl methyl sites for hydroxylation is 2. The third-order valence-corrected chi connectivity index (χ3v) is 5.13. The van der Waals surface area contributed by atoms with Gasteiger partial charge in [0.2, 0.25) is 5.91 Å². The summed E-state index contributed by atoms with van der Waals surface area (Å²) >= 11 is 0. The number of carbonyl (C=O) groups excluding carboxylic acids is 1. The molecule has 1 amide bonds. The average molecular weight is 291 g/mol. The van der Waals surface area contributed by atoms with Gasteiger partial charge in [0.05, 0.1) is 23.6 Å². The van der Waals surface area contributed by atoms with Gasteiger partial charge in [0, 0.05) is 26.2 Å². The number of hydrogen-bond acceptors (Lipinski definition) is 4. The van der Waals surface area contributed by atoms with Gasteiger partial charge in [-0.1, -0.05) is 0 Å². The summed E-state index contributed by atoms with van der Waals surface area (Å²) in [6.07, 6.45) is 2.36. The minimum absolute atomic E-state index is 0.0442. The van der Waals surface area contributed by atoms with E-state index in [1.54, 1.807) is 4.68 Å². The molecule has 0 spiro atoms. The Morgan fingerprint density at radius 1 is 1.38 bits per heavy atom. The molecule has 6 nitrogen and oxygen atoms in total. The van der Waals surface area contributed by atoms with E-state index < -0.39 is 0 Å². The van der Waals surface area contributed by atoms with Crippen LogP contribution in [0, 0.1) is 25.7 Å². The number of fused-ring (bicyclic) bond motifs is 1. The first kappa shape index (κ1) is 14.5. The molecule has 0 aromatic carbocycles. The predicted octanol–water partition coefficient (Wildman–Crippen LogP) is 0.645. The summed E-state index contributed by atoms with van der Waals surface area (Å²) in [5.41, 5.74) is 8.84. The monoisotopic (exact) mass is 291 g/mol. The SMILES string of the molecule is Cc1nn(C)c(C)c1NC(=O)CN1CC2CCC(N)C2C1. The minimum atomic E-state index is 0.0442. The van der Waals surface area contributed by atoms with Crippen molar-refractivity contribution in [2.45, 2.75) is 32.7 Å². The van der Waals surface area contributed by atoms with Crippen LogP contribution in [-0.4, -0.2) is 46.3 Å². The summed E-state index contributed by atoms with van der Waals surface area (Å²) in [5.74, 6) is 1.32. The van der Waals surface area contributed by atoms with Gasteiger partial charge in [0.25, 0.3) is 0 Å². The molecule has 1 saturated carbocycles. The van der Waals surface area contributed by atoms with Gasteiger partial charge in [0.15, 0.2) is 0 Å². The van der Waals surface area contributed by atoms with E-state index in [1.165, 1.54) is 6.42 Å². The topological polar surface area (TPSA) is 76.2 Å². The average Bonchev–Trinajstić information content (AvgIpc) is 3.03. The lowest BCUT2D eigenvalue weighted by Gasteiger charge is -2.18. The van der Waals surface area contributed by atoms with Gasteiger partial charge < -0.3 is 11.1 Å². The molecule has 116 valence electrons. The second-order valence-corrected chi connectivity index (χ2v) is 6.58. The fraction of sp³-hybridized carbons (Fsp3) is 0.733. The molecule has 21 heavy (non-hydrogen) atoms. The van der Waals surface area contributed by atoms with Crippen LogP contribution >= 0.6 is 0 Å². The molecule has 1 aliphatic carbocycles. The minimum Gasteiger partial charge on any atom is -0.327 e. The van der Waals surface area contributed by atoms with Crippen molar-refractivity contribution < 1.29 is 4.79 Å². The second-order valence-electron chi connectivity index (χ2n) is 6.58. The highest BCUT2D eigenvalue weighted by atomic mass is 16.2. The number of carbonyl (C=O) groups is 1. The molecule has 2 heterocycles. The van der Waals surface area contributed by atoms with Crippen molar-refractivity contribution in [2.24, 2.45) is 24.6 Å². The molecule has 3 atom stereocenters. The van der Waals surface area contributed by atoms with E-state index in [1.807, 2.05) is 20.9 Å². The Hall–Kier alpha value is -1.40. The zero-order valence-electron chi connectivity index (χ0n) is 13.1. The molecule has 2 fully saturated rings. The Kier molecular flexibility index (Phi) is 3.75. The summed E-state index contributed by atoms with van der Waals surface area (Å²) in [6, 6.07) is 0.325. The van der Waals surface area contributed by atoms with Gasteiger partial charge >= 0.3 is 0 Å². The smallest absolute Gasteiger partial charge is 0.238 e. The molecule has 1 aromatic rings. The van der Waals surface area contributed by atoms with Crippen molar-refractivity contribution in [1.29, 1.82) is 0 Å². The summed E-state index contributed by atoms with van der Waals surface area (Å²) in [6.45, 7) is 6.31. The maximum atomic E-state index is 12.3. The Morgan fingerprint density at radius 3 is 2.76 bits per heavy atom. The number of hydrogen-bond donors (Lipinski definition) is 2. The summed E-state index contributed by atoms with van der Waals surface area (Å²) < 4.78 is 1.80. The third kappa shape index (κ3) is 2.70. The first-order valence-electron chi connectivity index (χ1n) is 7.73. The molecule has 0 radical (unpaired) electrons. The number of anilines is 1. The molecule has 1 saturated heterocycles. The first-order chi connectivity index (χ1) is 9.95. The molecule has 2 aliphatic rings. The van der Waals surface area contributed by atoms with Crippen LogP contribution in [0.4, 0.5) is 5.69 Å². The first-order valence-corrected chi connectivity index (χ1v) is 7.73. The molecule has 3 unspecified atom stereocenters. The van der Waals surface area contributed by atoms with E-state index in [0.29, 0.717) is 24.4 Å². The molecule has 6 heteroatoms. The number of rotatable bonds is 3. The highest BCUT2D eigenvalue weighted by Gasteiger charge is 2.41. The zero-order chi connectivity index (χ0) is 15.1. The van der Waals surface area contributed by atoms with Gasteiger partial charge in [-0.2, -0.15) is 5.10 Å². The Labute approximate surface area is 125 Å². The number of nitrogens with two attached hydrogens (primary N) is 1. The van der Waals surface area contributed by atoms with Crippen molar-refractivity contribution >= 4 is 11.6 Å². The fourth-order valence-corrected chi connectivity index (χ4v) is 3.87. The Bertz CT molecular complexity index is 553. The van der Waals surface area contributed by atoms with Crippen LogP contribution < -0.4 is 11.1 Å². The van der Waals surface area contributed by atoms with E-state index in [0.717, 1.165) is 36.6 Å². The number of nitrogens with zero attached hydrogens (tertiary/aromatic N) is 3. The lowest BCUT2D eigenvalue weighted by atomic mass is 9.98. The van der Waals surface area contributed by atoms with Gasteiger partial charge in [-0.25, -0.2) is 0 Å². The van der Waals surface area contributed by atoms with E-state index >= 15 is 0 Å². The molecule has 3 N–H and O–H groups in total. The fourth-order valence-electron chi connectivity index (χ4n) is 3.87. The standard InChI is InChI=1S/C15H25N5O/c1-9-15(10(2)19(3)18-9)17-14(21)8-20-6-11-4-5-13(16)12(11)7-20/h11-13H,4-8,16H2,1-3H3,(H,17,21). The Morgan fingerprint density at radius 2 is 2.14 bits per heavy atom. The maximum Gasteiger partial charge on any atom is 0.238 e. The van der Waals surface area contributed by atoms with Crippen molar-refractivity contribution in [3.05, 3.63) is 11.4 Å². The normalized spacial score (nSPS) is 28.9. The zero-order valence-corrected chi connectivity index (χ0v) is 13.1. The molecule has 0 bridgehead atoms. The lowest BCUT2D eigenvalue weighted by Crippen LogP contribution is -2.34. The van der Waals surface area contributed by atoms with Crippen LogP contribution in [0.5, 0.6) is 0 Å². The van der Waals surface area contributed by atoms with E-state index in [-0.39, 0.29) is 5.91 Å². The maximum absolute atomic E-state index is 12.3. The lowest BCUT2D eigenvalue weighted by molar-refractivity contribution is -0.117. The van der Waals surface area contributed by atoms with Gasteiger partial charge in [-0.3, -0.25) is 14.4 Å². The van der Waals surface area contributed by atoms with Crippen LogP contribution in [0.25, 0.3) is 0 Å². The highest BCUT2D eigenvalue weighted by Crippen LogP contribution is 2.36. The van der Waals surface area contributed by atoms with Crippen molar-refractivity contribution in [2.75, 3.05) is 25.0 Å². The molecular weight excluding hydrogens is 266 g/mol. The van der Waals surface area contributed by atoms with Crippen molar-refractivity contribution in [3.8, 4) is 0 Å². The summed E-state index contributed by atoms with van der Waals surface area (Å²) in [5, 5.41) is 7.33. The molecule has 1 aromatic heterocycles. The van der Waals surface area contributed by atoms with Crippen LogP contribution in [0.2, 0.25) is 0 Å². The largest absolute Gasteiger partial charge is 0.327 e. The van der Waals surface area contributed by atoms with Crippen LogP contribution in [0.3, 0.4) is 0 Å². The van der Waals surface area contributed by atoms with Gasteiger partial charge in [-0.15, -0.1) is 0 Å². The predicted molar refractivity (Wildman–Crippen MR) is 81.9 cm³/mol. The quantitative estimate of drug-likeness (QED) is 0.857. The van der Waals surface area contributed by atoms with E-state index in [9.17, 15) is 4.79 Å². The molecular formula is C15H25N5O.